The summed E-state index contributed by atoms with van der Waals surface area (Å²) in [5.41, 5.74) is 5.09. The maximum atomic E-state index is 11.9. The van der Waals surface area contributed by atoms with Crippen molar-refractivity contribution >= 4 is 27.8 Å². The van der Waals surface area contributed by atoms with Gasteiger partial charge in [0.15, 0.2) is 0 Å². The molecule has 0 aliphatic carbocycles. The maximum absolute atomic E-state index is 11.9. The fraction of sp³-hybridized carbons (Fsp3) is 0.235. The van der Waals surface area contributed by atoms with Crippen LogP contribution in [0.4, 0.5) is 0 Å². The number of para-hydroxylation sites is 1. The zero-order valence-electron chi connectivity index (χ0n) is 11.9. The summed E-state index contributed by atoms with van der Waals surface area (Å²) in [5, 5.41) is 2.22. The Labute approximate surface area is 117 Å². The second-order valence-electron chi connectivity index (χ2n) is 5.06. The molecule has 0 amide bonds. The van der Waals surface area contributed by atoms with Crippen molar-refractivity contribution < 1.29 is 9.53 Å². The number of carbonyl (C=O) groups excluding carboxylic acids is 1. The van der Waals surface area contributed by atoms with Crippen LogP contribution in [0.1, 0.15) is 28.4 Å². The Hall–Kier alpha value is -2.29. The van der Waals surface area contributed by atoms with E-state index in [2.05, 4.69) is 24.0 Å². The third kappa shape index (κ3) is 1.86. The van der Waals surface area contributed by atoms with Gasteiger partial charge in [-0.3, -0.25) is 0 Å². The van der Waals surface area contributed by atoms with E-state index >= 15 is 0 Å². The van der Waals surface area contributed by atoms with Gasteiger partial charge >= 0.3 is 5.97 Å². The number of nitrogens with one attached hydrogen (secondary N) is 1. The molecule has 1 aromatic heterocycles. The van der Waals surface area contributed by atoms with Crippen molar-refractivity contribution in [2.24, 2.45) is 0 Å². The Morgan fingerprint density at radius 3 is 2.60 bits per heavy atom. The highest BCUT2D eigenvalue weighted by molar-refractivity contribution is 6.11. The van der Waals surface area contributed by atoms with Gasteiger partial charge in [0.05, 0.1) is 12.2 Å². The number of ether oxygens (including phenoxy) is 1. The Morgan fingerprint density at radius 2 is 1.85 bits per heavy atom. The highest BCUT2D eigenvalue weighted by atomic mass is 16.5. The molecule has 0 fully saturated rings. The van der Waals surface area contributed by atoms with Gasteiger partial charge in [-0.1, -0.05) is 18.2 Å². The molecular formula is C17H17NO2. The van der Waals surface area contributed by atoms with Gasteiger partial charge in [-0.15, -0.1) is 0 Å². The molecule has 1 heterocycles. The molecule has 20 heavy (non-hydrogen) atoms. The number of H-pyrrole nitrogens is 1. The average molecular weight is 267 g/mol. The molecule has 3 nitrogen and oxygen atoms in total. The summed E-state index contributed by atoms with van der Waals surface area (Å²) in [6.07, 6.45) is 0. The summed E-state index contributed by atoms with van der Waals surface area (Å²) in [7, 11) is 0. The largest absolute Gasteiger partial charge is 0.462 e. The molecule has 0 radical (unpaired) electrons. The normalized spacial score (nSPS) is 11.2. The molecule has 0 unspecified atom stereocenters. The molecule has 0 saturated heterocycles. The average Bonchev–Trinajstić information content (AvgIpc) is 2.80. The minimum Gasteiger partial charge on any atom is -0.462 e. The van der Waals surface area contributed by atoms with Crippen molar-refractivity contribution in [3.63, 3.8) is 0 Å². The van der Waals surface area contributed by atoms with Crippen LogP contribution in [0.5, 0.6) is 0 Å². The minimum atomic E-state index is -0.264. The maximum Gasteiger partial charge on any atom is 0.338 e. The number of aromatic amines is 1. The summed E-state index contributed by atoms with van der Waals surface area (Å²) >= 11 is 0. The molecule has 0 atom stereocenters. The van der Waals surface area contributed by atoms with Crippen LogP contribution in [-0.4, -0.2) is 17.6 Å². The Morgan fingerprint density at radius 1 is 1.10 bits per heavy atom. The van der Waals surface area contributed by atoms with E-state index < -0.39 is 0 Å². The number of benzene rings is 2. The fourth-order valence-electron chi connectivity index (χ4n) is 2.68. The molecular weight excluding hydrogens is 250 g/mol. The van der Waals surface area contributed by atoms with Gasteiger partial charge in [0.1, 0.15) is 0 Å². The molecule has 2 aromatic carbocycles. The minimum absolute atomic E-state index is 0.264. The van der Waals surface area contributed by atoms with Crippen LogP contribution in [0, 0.1) is 13.8 Å². The first-order valence-corrected chi connectivity index (χ1v) is 6.80. The van der Waals surface area contributed by atoms with Crippen molar-refractivity contribution in [2.75, 3.05) is 6.61 Å². The third-order valence-corrected chi connectivity index (χ3v) is 3.66. The van der Waals surface area contributed by atoms with Crippen LogP contribution >= 0.6 is 0 Å². The number of aromatic nitrogens is 1. The fourth-order valence-corrected chi connectivity index (χ4v) is 2.68. The summed E-state index contributed by atoms with van der Waals surface area (Å²) < 4.78 is 5.10. The number of esters is 1. The molecule has 3 aromatic rings. The second-order valence-corrected chi connectivity index (χ2v) is 5.06. The van der Waals surface area contributed by atoms with Crippen molar-refractivity contribution in [2.45, 2.75) is 20.8 Å². The summed E-state index contributed by atoms with van der Waals surface area (Å²) in [6, 6.07) is 10.00. The molecule has 0 aliphatic rings. The second kappa shape index (κ2) is 4.67. The predicted molar refractivity (Wildman–Crippen MR) is 81.2 cm³/mol. The van der Waals surface area contributed by atoms with Crippen LogP contribution in [0.3, 0.4) is 0 Å². The molecule has 0 aliphatic heterocycles. The van der Waals surface area contributed by atoms with Crippen LogP contribution in [0.25, 0.3) is 21.8 Å². The van der Waals surface area contributed by atoms with Crippen molar-refractivity contribution in [3.8, 4) is 0 Å². The van der Waals surface area contributed by atoms with Crippen LogP contribution in [-0.2, 0) is 4.74 Å². The van der Waals surface area contributed by atoms with Crippen molar-refractivity contribution in [1.82, 2.24) is 4.98 Å². The molecule has 3 rings (SSSR count). The van der Waals surface area contributed by atoms with Crippen molar-refractivity contribution in [1.29, 1.82) is 0 Å². The summed E-state index contributed by atoms with van der Waals surface area (Å²) in [5.74, 6) is -0.264. The molecule has 102 valence electrons. The van der Waals surface area contributed by atoms with Gasteiger partial charge < -0.3 is 9.72 Å². The molecule has 0 saturated carbocycles. The van der Waals surface area contributed by atoms with Gasteiger partial charge in [0.25, 0.3) is 0 Å². The predicted octanol–water partition coefficient (Wildman–Crippen LogP) is 4.11. The van der Waals surface area contributed by atoms with Crippen LogP contribution < -0.4 is 0 Å². The monoisotopic (exact) mass is 267 g/mol. The van der Waals surface area contributed by atoms with E-state index in [1.165, 1.54) is 5.56 Å². The van der Waals surface area contributed by atoms with Crippen LogP contribution in [0.15, 0.2) is 30.3 Å². The lowest BCUT2D eigenvalue weighted by molar-refractivity contribution is 0.0526. The van der Waals surface area contributed by atoms with Gasteiger partial charge in [0.2, 0.25) is 0 Å². The highest BCUT2D eigenvalue weighted by Gasteiger charge is 2.13. The molecule has 1 N–H and O–H groups in total. The lowest BCUT2D eigenvalue weighted by Gasteiger charge is -2.04. The Balaban J connectivity index is 2.32. The smallest absolute Gasteiger partial charge is 0.338 e. The first kappa shape index (κ1) is 12.7. The molecule has 0 spiro atoms. The lowest BCUT2D eigenvalue weighted by atomic mass is 10.0. The first-order chi connectivity index (χ1) is 9.61. The number of aryl methyl sites for hydroxylation is 2. The Bertz CT molecular complexity index is 815. The quantitative estimate of drug-likeness (QED) is 0.710. The van der Waals surface area contributed by atoms with E-state index in [1.807, 2.05) is 32.0 Å². The van der Waals surface area contributed by atoms with Gasteiger partial charge in [-0.2, -0.15) is 0 Å². The van der Waals surface area contributed by atoms with E-state index in [0.717, 1.165) is 27.4 Å². The third-order valence-electron chi connectivity index (χ3n) is 3.66. The number of carbonyl (C=O) groups is 1. The lowest BCUT2D eigenvalue weighted by Crippen LogP contribution is -2.04. The first-order valence-electron chi connectivity index (χ1n) is 6.80. The number of hydrogen-bond acceptors (Lipinski definition) is 2. The summed E-state index contributed by atoms with van der Waals surface area (Å²) in [4.78, 5) is 15.4. The standard InChI is InChI=1S/C17H17NO2/c1-4-20-17(19)12-8-11(3)16-14(9-12)13-7-5-6-10(2)15(13)18-16/h5-9,18H,4H2,1-3H3. The van der Waals surface area contributed by atoms with E-state index in [0.29, 0.717) is 12.2 Å². The van der Waals surface area contributed by atoms with Crippen LogP contribution in [0.2, 0.25) is 0 Å². The number of fused-ring (bicyclic) bond motifs is 3. The Kier molecular flexibility index (Phi) is 2.97. The summed E-state index contributed by atoms with van der Waals surface area (Å²) in [6.45, 7) is 6.30. The SMILES string of the molecule is CCOC(=O)c1cc(C)c2[nH]c3c(C)cccc3c2c1. The van der Waals surface area contributed by atoms with Gasteiger partial charge in [0, 0.05) is 21.8 Å². The van der Waals surface area contributed by atoms with E-state index in [-0.39, 0.29) is 5.97 Å². The van der Waals surface area contributed by atoms with Gasteiger partial charge in [-0.05, 0) is 44.0 Å². The highest BCUT2D eigenvalue weighted by Crippen LogP contribution is 2.30. The van der Waals surface area contributed by atoms with E-state index in [4.69, 9.17) is 4.74 Å². The zero-order chi connectivity index (χ0) is 14.3. The van der Waals surface area contributed by atoms with E-state index in [9.17, 15) is 4.79 Å². The number of hydrogen-bond donors (Lipinski definition) is 1. The molecule has 0 bridgehead atoms. The van der Waals surface area contributed by atoms with E-state index in [1.54, 1.807) is 0 Å². The van der Waals surface area contributed by atoms with Gasteiger partial charge in [-0.25, -0.2) is 4.79 Å². The van der Waals surface area contributed by atoms with Crippen molar-refractivity contribution in [3.05, 3.63) is 47.0 Å². The topological polar surface area (TPSA) is 42.1 Å². The molecule has 3 heteroatoms. The zero-order valence-corrected chi connectivity index (χ0v) is 11.9. The number of rotatable bonds is 2.